The standard InChI is InChI=1S/C14H17FN2O/c1-17-4-2-9(3-5-17)11-8-16-13-7-12(15)14(18)6-10(11)13/h6-9,16,18H,2-5H2,1H3. The van der Waals surface area contributed by atoms with Gasteiger partial charge in [0.05, 0.1) is 0 Å². The summed E-state index contributed by atoms with van der Waals surface area (Å²) in [6.07, 6.45) is 4.18. The molecule has 0 unspecified atom stereocenters. The number of phenols is 1. The van der Waals surface area contributed by atoms with Crippen molar-refractivity contribution in [2.45, 2.75) is 18.8 Å². The summed E-state index contributed by atoms with van der Waals surface area (Å²) in [4.78, 5) is 5.42. The Labute approximate surface area is 105 Å². The van der Waals surface area contributed by atoms with Crippen molar-refractivity contribution in [2.75, 3.05) is 20.1 Å². The van der Waals surface area contributed by atoms with Crippen LogP contribution in [0.2, 0.25) is 0 Å². The molecule has 3 rings (SSSR count). The van der Waals surface area contributed by atoms with Crippen LogP contribution >= 0.6 is 0 Å². The number of hydrogen-bond acceptors (Lipinski definition) is 2. The van der Waals surface area contributed by atoms with Crippen molar-refractivity contribution in [3.63, 3.8) is 0 Å². The Kier molecular flexibility index (Phi) is 2.74. The smallest absolute Gasteiger partial charge is 0.166 e. The lowest BCUT2D eigenvalue weighted by Crippen LogP contribution is -2.29. The molecule has 0 bridgehead atoms. The van der Waals surface area contributed by atoms with Gasteiger partial charge in [0, 0.05) is 23.2 Å². The summed E-state index contributed by atoms with van der Waals surface area (Å²) in [5.41, 5.74) is 1.97. The number of likely N-dealkylation sites (tertiary alicyclic amines) is 1. The number of H-pyrrole nitrogens is 1. The first kappa shape index (κ1) is 11.5. The third kappa shape index (κ3) is 1.86. The van der Waals surface area contributed by atoms with Gasteiger partial charge in [-0.2, -0.15) is 0 Å². The van der Waals surface area contributed by atoms with Gasteiger partial charge in [-0.25, -0.2) is 4.39 Å². The molecule has 4 heteroatoms. The zero-order valence-corrected chi connectivity index (χ0v) is 10.4. The number of benzene rings is 1. The monoisotopic (exact) mass is 248 g/mol. The molecule has 0 radical (unpaired) electrons. The fourth-order valence-corrected chi connectivity index (χ4v) is 2.81. The van der Waals surface area contributed by atoms with Crippen LogP contribution in [-0.2, 0) is 0 Å². The van der Waals surface area contributed by atoms with Crippen molar-refractivity contribution in [1.82, 2.24) is 9.88 Å². The highest BCUT2D eigenvalue weighted by Crippen LogP contribution is 2.34. The molecule has 0 amide bonds. The molecule has 2 heterocycles. The minimum atomic E-state index is -0.570. The van der Waals surface area contributed by atoms with E-state index in [9.17, 15) is 9.50 Å². The molecule has 1 aliphatic rings. The van der Waals surface area contributed by atoms with E-state index in [-0.39, 0.29) is 5.75 Å². The predicted molar refractivity (Wildman–Crippen MR) is 69.4 cm³/mol. The van der Waals surface area contributed by atoms with Gasteiger partial charge in [0.1, 0.15) is 0 Å². The summed E-state index contributed by atoms with van der Waals surface area (Å²) in [7, 11) is 2.13. The number of rotatable bonds is 1. The molecule has 1 aromatic carbocycles. The van der Waals surface area contributed by atoms with E-state index in [1.54, 1.807) is 0 Å². The lowest BCUT2D eigenvalue weighted by atomic mass is 9.89. The Morgan fingerprint density at radius 2 is 2.06 bits per heavy atom. The van der Waals surface area contributed by atoms with Crippen LogP contribution in [0.15, 0.2) is 18.3 Å². The summed E-state index contributed by atoms with van der Waals surface area (Å²) in [6.45, 7) is 2.18. The van der Waals surface area contributed by atoms with E-state index in [0.717, 1.165) is 36.8 Å². The maximum Gasteiger partial charge on any atom is 0.166 e. The third-order valence-electron chi connectivity index (χ3n) is 3.94. The molecular formula is C14H17FN2O. The number of hydrogen-bond donors (Lipinski definition) is 2. The summed E-state index contributed by atoms with van der Waals surface area (Å²) in [6, 6.07) is 2.90. The quantitative estimate of drug-likeness (QED) is 0.814. The highest BCUT2D eigenvalue weighted by molar-refractivity contribution is 5.85. The number of aromatic nitrogens is 1. The zero-order valence-electron chi connectivity index (χ0n) is 10.4. The Hall–Kier alpha value is -1.55. The Morgan fingerprint density at radius 1 is 1.33 bits per heavy atom. The van der Waals surface area contributed by atoms with Gasteiger partial charge in [0.15, 0.2) is 11.6 Å². The fraction of sp³-hybridized carbons (Fsp3) is 0.429. The molecule has 0 atom stereocenters. The molecule has 2 N–H and O–H groups in total. The van der Waals surface area contributed by atoms with Crippen LogP contribution in [0.3, 0.4) is 0 Å². The van der Waals surface area contributed by atoms with Crippen LogP contribution in [0.4, 0.5) is 4.39 Å². The number of phenolic OH excluding ortho intramolecular Hbond substituents is 1. The maximum atomic E-state index is 13.3. The van der Waals surface area contributed by atoms with Crippen molar-refractivity contribution in [3.8, 4) is 5.75 Å². The minimum Gasteiger partial charge on any atom is -0.505 e. The summed E-state index contributed by atoms with van der Waals surface area (Å²) < 4.78 is 13.3. The summed E-state index contributed by atoms with van der Waals surface area (Å²) in [5.74, 6) is -0.338. The largest absolute Gasteiger partial charge is 0.505 e. The first-order valence-corrected chi connectivity index (χ1v) is 6.33. The molecule has 0 aliphatic carbocycles. The molecule has 0 spiro atoms. The number of aromatic hydroxyl groups is 1. The van der Waals surface area contributed by atoms with Crippen molar-refractivity contribution in [1.29, 1.82) is 0 Å². The maximum absolute atomic E-state index is 13.3. The molecule has 2 aromatic rings. The van der Waals surface area contributed by atoms with Gasteiger partial charge in [-0.3, -0.25) is 0 Å². The van der Waals surface area contributed by atoms with E-state index >= 15 is 0 Å². The second-order valence-electron chi connectivity index (χ2n) is 5.17. The highest BCUT2D eigenvalue weighted by Gasteiger charge is 2.21. The van der Waals surface area contributed by atoms with Gasteiger partial charge in [-0.15, -0.1) is 0 Å². The number of piperidine rings is 1. The summed E-state index contributed by atoms with van der Waals surface area (Å²) in [5, 5.41) is 10.5. The molecule has 1 aliphatic heterocycles. The van der Waals surface area contributed by atoms with Crippen LogP contribution in [0.5, 0.6) is 5.75 Å². The minimum absolute atomic E-state index is 0.267. The number of nitrogens with zero attached hydrogens (tertiary/aromatic N) is 1. The fourth-order valence-electron chi connectivity index (χ4n) is 2.81. The van der Waals surface area contributed by atoms with Gasteiger partial charge in [0.25, 0.3) is 0 Å². The molecule has 3 nitrogen and oxygen atoms in total. The van der Waals surface area contributed by atoms with E-state index in [4.69, 9.17) is 0 Å². The SMILES string of the molecule is CN1CCC(c2c[nH]c3cc(F)c(O)cc23)CC1. The first-order valence-electron chi connectivity index (χ1n) is 6.33. The van der Waals surface area contributed by atoms with Gasteiger partial charge in [-0.05, 0) is 50.5 Å². The highest BCUT2D eigenvalue weighted by atomic mass is 19.1. The lowest BCUT2D eigenvalue weighted by molar-refractivity contribution is 0.256. The van der Waals surface area contributed by atoms with Gasteiger partial charge < -0.3 is 15.0 Å². The number of fused-ring (bicyclic) bond motifs is 1. The van der Waals surface area contributed by atoms with Crippen LogP contribution in [0, 0.1) is 5.82 Å². The van der Waals surface area contributed by atoms with E-state index in [0.29, 0.717) is 5.92 Å². The normalized spacial score (nSPS) is 18.6. The van der Waals surface area contributed by atoms with E-state index in [2.05, 4.69) is 16.9 Å². The third-order valence-corrected chi connectivity index (χ3v) is 3.94. The van der Waals surface area contributed by atoms with Crippen molar-refractivity contribution in [2.24, 2.45) is 0 Å². The molecule has 1 fully saturated rings. The summed E-state index contributed by atoms with van der Waals surface area (Å²) >= 11 is 0. The molecule has 18 heavy (non-hydrogen) atoms. The van der Waals surface area contributed by atoms with E-state index in [1.165, 1.54) is 17.7 Å². The first-order chi connectivity index (χ1) is 8.65. The average molecular weight is 248 g/mol. The van der Waals surface area contributed by atoms with Crippen LogP contribution in [0.25, 0.3) is 10.9 Å². The predicted octanol–water partition coefficient (Wildman–Crippen LogP) is 2.82. The average Bonchev–Trinajstić information content (AvgIpc) is 2.74. The zero-order chi connectivity index (χ0) is 12.7. The van der Waals surface area contributed by atoms with E-state index in [1.807, 2.05) is 6.20 Å². The van der Waals surface area contributed by atoms with E-state index < -0.39 is 5.82 Å². The van der Waals surface area contributed by atoms with Gasteiger partial charge >= 0.3 is 0 Å². The van der Waals surface area contributed by atoms with Gasteiger partial charge in [-0.1, -0.05) is 0 Å². The number of nitrogens with one attached hydrogen (secondary N) is 1. The number of halogens is 1. The Morgan fingerprint density at radius 3 is 2.78 bits per heavy atom. The second-order valence-corrected chi connectivity index (χ2v) is 5.17. The second kappa shape index (κ2) is 4.28. The van der Waals surface area contributed by atoms with Gasteiger partial charge in [0.2, 0.25) is 0 Å². The van der Waals surface area contributed by atoms with Crippen LogP contribution in [-0.4, -0.2) is 35.1 Å². The van der Waals surface area contributed by atoms with Crippen LogP contribution in [0.1, 0.15) is 24.3 Å². The van der Waals surface area contributed by atoms with Crippen LogP contribution < -0.4 is 0 Å². The lowest BCUT2D eigenvalue weighted by Gasteiger charge is -2.28. The Balaban J connectivity index is 1.99. The molecule has 1 saturated heterocycles. The van der Waals surface area contributed by atoms with Crippen molar-refractivity contribution < 1.29 is 9.50 Å². The topological polar surface area (TPSA) is 39.3 Å². The molecule has 96 valence electrons. The number of aromatic amines is 1. The molecule has 0 saturated carbocycles. The molecule has 1 aromatic heterocycles. The van der Waals surface area contributed by atoms with Crippen molar-refractivity contribution >= 4 is 10.9 Å². The van der Waals surface area contributed by atoms with Crippen molar-refractivity contribution in [3.05, 3.63) is 29.7 Å². The Bertz CT molecular complexity index is 570. The molecular weight excluding hydrogens is 231 g/mol.